The zero-order valence-electron chi connectivity index (χ0n) is 11.9. The minimum absolute atomic E-state index is 0.311. The third-order valence-electron chi connectivity index (χ3n) is 4.03. The van der Waals surface area contributed by atoms with E-state index in [1.165, 1.54) is 5.56 Å². The molecule has 2 aromatic rings. The van der Waals surface area contributed by atoms with Gasteiger partial charge in [-0.05, 0) is 37.1 Å². The van der Waals surface area contributed by atoms with E-state index in [0.717, 1.165) is 24.4 Å². The number of aliphatic hydroxyl groups excluding tert-OH is 1. The number of halogens is 1. The average Bonchev–Trinajstić information content (AvgIpc) is 3.11. The molecule has 3 rings (SSSR count). The fourth-order valence-corrected chi connectivity index (χ4v) is 3.36. The molecule has 0 radical (unpaired) electrons. The van der Waals surface area contributed by atoms with Crippen molar-refractivity contribution in [2.75, 3.05) is 13.1 Å². The van der Waals surface area contributed by atoms with Crippen LogP contribution >= 0.6 is 11.6 Å². The molecule has 0 spiro atoms. The van der Waals surface area contributed by atoms with Crippen LogP contribution in [-0.2, 0) is 6.54 Å². The Labute approximate surface area is 130 Å². The normalized spacial score (nSPS) is 20.8. The zero-order chi connectivity index (χ0) is 14.7. The van der Waals surface area contributed by atoms with E-state index in [-0.39, 0.29) is 0 Å². The van der Waals surface area contributed by atoms with Gasteiger partial charge in [0.15, 0.2) is 0 Å². The van der Waals surface area contributed by atoms with Crippen LogP contribution in [-0.4, -0.2) is 39.0 Å². The van der Waals surface area contributed by atoms with Gasteiger partial charge in [-0.15, -0.1) is 0 Å². The van der Waals surface area contributed by atoms with E-state index in [1.54, 1.807) is 10.9 Å². The smallest absolute Gasteiger partial charge is 0.0862 e. The molecule has 2 atom stereocenters. The molecule has 1 aliphatic heterocycles. The average molecular weight is 306 g/mol. The summed E-state index contributed by atoms with van der Waals surface area (Å²) in [7, 11) is 0. The summed E-state index contributed by atoms with van der Waals surface area (Å²) in [4.78, 5) is 2.33. The highest BCUT2D eigenvalue weighted by atomic mass is 35.5. The maximum Gasteiger partial charge on any atom is 0.0862 e. The topological polar surface area (TPSA) is 41.3 Å². The largest absolute Gasteiger partial charge is 0.390 e. The number of nitrogens with zero attached hydrogens (tertiary/aromatic N) is 3. The fourth-order valence-electron chi connectivity index (χ4n) is 3.10. The number of likely N-dealkylation sites (tertiary alicyclic amines) is 1. The van der Waals surface area contributed by atoms with Crippen LogP contribution in [0.2, 0.25) is 5.02 Å². The lowest BCUT2D eigenvalue weighted by Gasteiger charge is -2.27. The third-order valence-corrected chi connectivity index (χ3v) is 4.37. The molecule has 1 saturated heterocycles. The van der Waals surface area contributed by atoms with Gasteiger partial charge in [0.2, 0.25) is 0 Å². The predicted molar refractivity (Wildman–Crippen MR) is 83.2 cm³/mol. The van der Waals surface area contributed by atoms with Crippen molar-refractivity contribution in [2.45, 2.75) is 31.5 Å². The second kappa shape index (κ2) is 6.60. The van der Waals surface area contributed by atoms with Gasteiger partial charge in [-0.2, -0.15) is 5.10 Å². The summed E-state index contributed by atoms with van der Waals surface area (Å²) in [6.07, 6.45) is 5.42. The molecule has 5 heteroatoms. The van der Waals surface area contributed by atoms with Gasteiger partial charge in [0.1, 0.15) is 0 Å². The van der Waals surface area contributed by atoms with Crippen molar-refractivity contribution in [3.8, 4) is 0 Å². The standard InChI is InChI=1S/C16H20ClN3O/c17-15-6-2-1-5-14(15)16-7-3-9-19(16)11-13(21)12-20-10-4-8-18-20/h1-2,4-6,8,10,13,16,21H,3,7,9,11-12H2/t13-,16-/m0/s1. The van der Waals surface area contributed by atoms with Crippen molar-refractivity contribution >= 4 is 11.6 Å². The molecule has 4 nitrogen and oxygen atoms in total. The molecule has 1 N–H and O–H groups in total. The molecule has 21 heavy (non-hydrogen) atoms. The first-order valence-electron chi connectivity index (χ1n) is 7.38. The number of hydrogen-bond donors (Lipinski definition) is 1. The Balaban J connectivity index is 1.65. The first-order valence-corrected chi connectivity index (χ1v) is 7.76. The van der Waals surface area contributed by atoms with Gasteiger partial charge < -0.3 is 5.11 Å². The van der Waals surface area contributed by atoms with Crippen molar-refractivity contribution in [3.63, 3.8) is 0 Å². The maximum atomic E-state index is 10.3. The van der Waals surface area contributed by atoms with E-state index in [4.69, 9.17) is 11.6 Å². The molecule has 0 unspecified atom stereocenters. The van der Waals surface area contributed by atoms with E-state index < -0.39 is 6.10 Å². The van der Waals surface area contributed by atoms with Crippen molar-refractivity contribution < 1.29 is 5.11 Å². The van der Waals surface area contributed by atoms with Crippen molar-refractivity contribution in [3.05, 3.63) is 53.3 Å². The summed E-state index contributed by atoms with van der Waals surface area (Å²) in [5.41, 5.74) is 1.17. The Kier molecular flexibility index (Phi) is 4.58. The van der Waals surface area contributed by atoms with E-state index in [1.807, 2.05) is 30.5 Å². The van der Waals surface area contributed by atoms with Gasteiger partial charge >= 0.3 is 0 Å². The first kappa shape index (κ1) is 14.6. The number of aliphatic hydroxyl groups is 1. The summed E-state index contributed by atoms with van der Waals surface area (Å²) in [5, 5.41) is 15.2. The fraction of sp³-hybridized carbons (Fsp3) is 0.438. The number of hydrogen-bond acceptors (Lipinski definition) is 3. The monoisotopic (exact) mass is 305 g/mol. The third kappa shape index (κ3) is 3.46. The van der Waals surface area contributed by atoms with Crippen molar-refractivity contribution in [2.24, 2.45) is 0 Å². The number of β-amino-alcohol motifs (C(OH)–C–C–N with tert-alkyl or cyclic N) is 1. The molecule has 1 fully saturated rings. The Bertz CT molecular complexity index is 573. The zero-order valence-corrected chi connectivity index (χ0v) is 12.7. The molecule has 0 bridgehead atoms. The van der Waals surface area contributed by atoms with Crippen LogP contribution in [0.3, 0.4) is 0 Å². The molecule has 0 aliphatic carbocycles. The highest BCUT2D eigenvalue weighted by Crippen LogP contribution is 2.35. The molecule has 0 saturated carbocycles. The van der Waals surface area contributed by atoms with Gasteiger partial charge in [0.05, 0.1) is 12.6 Å². The lowest BCUT2D eigenvalue weighted by atomic mass is 10.0. The summed E-state index contributed by atoms with van der Waals surface area (Å²) in [6, 6.07) is 10.2. The number of aromatic nitrogens is 2. The van der Waals surface area contributed by atoms with Crippen LogP contribution in [0.1, 0.15) is 24.4 Å². The van der Waals surface area contributed by atoms with Gasteiger partial charge in [-0.25, -0.2) is 0 Å². The molecule has 2 heterocycles. The van der Waals surface area contributed by atoms with Crippen molar-refractivity contribution in [1.29, 1.82) is 0 Å². The van der Waals surface area contributed by atoms with Crippen LogP contribution in [0.5, 0.6) is 0 Å². The second-order valence-electron chi connectivity index (χ2n) is 5.56. The van der Waals surface area contributed by atoms with E-state index in [0.29, 0.717) is 19.1 Å². The Morgan fingerprint density at radius 1 is 1.29 bits per heavy atom. The van der Waals surface area contributed by atoms with Gasteiger partial charge in [-0.1, -0.05) is 29.8 Å². The molecule has 1 aliphatic rings. The Hall–Kier alpha value is -1.36. The van der Waals surface area contributed by atoms with Gasteiger partial charge in [-0.3, -0.25) is 9.58 Å². The van der Waals surface area contributed by atoms with Crippen LogP contribution in [0.25, 0.3) is 0 Å². The van der Waals surface area contributed by atoms with Crippen LogP contribution in [0, 0.1) is 0 Å². The lowest BCUT2D eigenvalue weighted by Crippen LogP contribution is -2.34. The highest BCUT2D eigenvalue weighted by Gasteiger charge is 2.28. The summed E-state index contributed by atoms with van der Waals surface area (Å²) in [6.45, 7) is 2.18. The minimum atomic E-state index is -0.423. The molecular formula is C16H20ClN3O. The maximum absolute atomic E-state index is 10.3. The molecule has 0 amide bonds. The van der Waals surface area contributed by atoms with Crippen LogP contribution in [0.15, 0.2) is 42.7 Å². The summed E-state index contributed by atoms with van der Waals surface area (Å²) >= 11 is 6.32. The first-order chi connectivity index (χ1) is 10.2. The van der Waals surface area contributed by atoms with E-state index in [9.17, 15) is 5.11 Å². The second-order valence-corrected chi connectivity index (χ2v) is 5.96. The van der Waals surface area contributed by atoms with Crippen LogP contribution < -0.4 is 0 Å². The number of benzene rings is 1. The summed E-state index contributed by atoms with van der Waals surface area (Å²) in [5.74, 6) is 0. The lowest BCUT2D eigenvalue weighted by molar-refractivity contribution is 0.0891. The van der Waals surface area contributed by atoms with E-state index >= 15 is 0 Å². The van der Waals surface area contributed by atoms with Crippen molar-refractivity contribution in [1.82, 2.24) is 14.7 Å². The Morgan fingerprint density at radius 3 is 2.90 bits per heavy atom. The quantitative estimate of drug-likeness (QED) is 0.923. The molecular weight excluding hydrogens is 286 g/mol. The Morgan fingerprint density at radius 2 is 2.14 bits per heavy atom. The van der Waals surface area contributed by atoms with Gasteiger partial charge in [0.25, 0.3) is 0 Å². The molecule has 1 aromatic heterocycles. The predicted octanol–water partition coefficient (Wildman–Crippen LogP) is 2.73. The number of rotatable bonds is 5. The van der Waals surface area contributed by atoms with Gasteiger partial charge in [0, 0.05) is 30.0 Å². The van der Waals surface area contributed by atoms with Crippen LogP contribution in [0.4, 0.5) is 0 Å². The molecule has 1 aromatic carbocycles. The SMILES string of the molecule is O[C@@H](CN1CCC[C@H]1c1ccccc1Cl)Cn1cccn1. The van der Waals surface area contributed by atoms with E-state index in [2.05, 4.69) is 16.1 Å². The minimum Gasteiger partial charge on any atom is -0.390 e. The molecule has 112 valence electrons. The summed E-state index contributed by atoms with van der Waals surface area (Å²) < 4.78 is 1.77. The highest BCUT2D eigenvalue weighted by molar-refractivity contribution is 6.31.